The van der Waals surface area contributed by atoms with E-state index in [-0.39, 0.29) is 14.5 Å². The van der Waals surface area contributed by atoms with Gasteiger partial charge in [-0.3, -0.25) is 0 Å². The van der Waals surface area contributed by atoms with Crippen LogP contribution in [0.3, 0.4) is 0 Å². The first kappa shape index (κ1) is 22.7. The third-order valence-corrected chi connectivity index (χ3v) is 11.5. The fraction of sp³-hybridized carbons (Fsp3) is 0. The Morgan fingerprint density at radius 1 is 0.500 bits per heavy atom. The van der Waals surface area contributed by atoms with Crippen LogP contribution >= 0.6 is 0 Å². The second-order valence-electron chi connectivity index (χ2n) is 11.1. The first-order valence-corrected chi connectivity index (χ1v) is 16.0. The molecule has 0 amide bonds. The number of fused-ring (bicyclic) bond motifs is 15. The molecule has 0 atom stereocenters. The fourth-order valence-electron chi connectivity index (χ4n) is 7.26. The fourth-order valence-corrected chi connectivity index (χ4v) is 9.81. The van der Waals surface area contributed by atoms with Crippen LogP contribution in [0.25, 0.3) is 90.0 Å². The Kier molecular flexibility index (Phi) is 4.49. The zero-order valence-electron chi connectivity index (χ0n) is 22.5. The molecule has 0 aliphatic carbocycles. The van der Waals surface area contributed by atoms with Crippen molar-refractivity contribution >= 4 is 98.8 Å². The standard InChI is InChI=1S/C39H22N2Se/c1-2-11-24-23(10-1)19-20-26-25-12-3-4-13-27(25)33(22-31(24)26)41-32-17-7-5-14-28(32)35-30-16-9-21-40-37(30)39-36(38(35)41)29-15-6-8-18-34(29)42-39/h1-22H. The summed E-state index contributed by atoms with van der Waals surface area (Å²) in [6.45, 7) is 0. The van der Waals surface area contributed by atoms with Crippen molar-refractivity contribution < 1.29 is 0 Å². The Morgan fingerprint density at radius 3 is 2.10 bits per heavy atom. The van der Waals surface area contributed by atoms with Crippen LogP contribution in [-0.2, 0) is 0 Å². The van der Waals surface area contributed by atoms with Gasteiger partial charge in [-0.05, 0) is 0 Å². The molecule has 7 aromatic carbocycles. The number of pyridine rings is 1. The van der Waals surface area contributed by atoms with Crippen LogP contribution in [0.5, 0.6) is 0 Å². The van der Waals surface area contributed by atoms with Crippen LogP contribution in [0.15, 0.2) is 134 Å². The molecule has 194 valence electrons. The number of para-hydroxylation sites is 1. The molecule has 0 radical (unpaired) electrons. The van der Waals surface area contributed by atoms with Gasteiger partial charge in [0.05, 0.1) is 0 Å². The van der Waals surface area contributed by atoms with Crippen LogP contribution < -0.4 is 0 Å². The van der Waals surface area contributed by atoms with Crippen molar-refractivity contribution in [1.82, 2.24) is 9.55 Å². The summed E-state index contributed by atoms with van der Waals surface area (Å²) >= 11 is 0.190. The van der Waals surface area contributed by atoms with Crippen LogP contribution in [0.1, 0.15) is 0 Å². The quantitative estimate of drug-likeness (QED) is 0.136. The van der Waals surface area contributed by atoms with Crippen molar-refractivity contribution in [2.24, 2.45) is 0 Å². The van der Waals surface area contributed by atoms with E-state index in [1.54, 1.807) is 0 Å². The van der Waals surface area contributed by atoms with E-state index in [2.05, 4.69) is 132 Å². The van der Waals surface area contributed by atoms with Crippen molar-refractivity contribution in [2.75, 3.05) is 0 Å². The van der Waals surface area contributed by atoms with Crippen LogP contribution in [0.2, 0.25) is 0 Å². The molecule has 0 aliphatic heterocycles. The molecule has 0 spiro atoms. The average molecular weight is 598 g/mol. The molecule has 10 aromatic rings. The van der Waals surface area contributed by atoms with Crippen molar-refractivity contribution in [1.29, 1.82) is 0 Å². The van der Waals surface area contributed by atoms with Crippen molar-refractivity contribution in [3.8, 4) is 5.69 Å². The first-order chi connectivity index (χ1) is 20.9. The van der Waals surface area contributed by atoms with E-state index in [0.29, 0.717) is 0 Å². The normalized spacial score (nSPS) is 12.3. The Bertz CT molecular complexity index is 2750. The molecule has 42 heavy (non-hydrogen) atoms. The summed E-state index contributed by atoms with van der Waals surface area (Å²) in [4.78, 5) is 5.01. The van der Waals surface area contributed by atoms with Crippen LogP contribution in [0.4, 0.5) is 0 Å². The van der Waals surface area contributed by atoms with Gasteiger partial charge in [0.25, 0.3) is 0 Å². The molecule has 2 nitrogen and oxygen atoms in total. The number of aromatic nitrogens is 2. The van der Waals surface area contributed by atoms with Gasteiger partial charge < -0.3 is 0 Å². The molecule has 3 heterocycles. The van der Waals surface area contributed by atoms with Gasteiger partial charge in [0.15, 0.2) is 0 Å². The summed E-state index contributed by atoms with van der Waals surface area (Å²) in [5.41, 5.74) is 4.90. The molecule has 0 N–H and O–H groups in total. The summed E-state index contributed by atoms with van der Waals surface area (Å²) < 4.78 is 5.40. The minimum absolute atomic E-state index is 0.190. The van der Waals surface area contributed by atoms with Crippen molar-refractivity contribution in [2.45, 2.75) is 0 Å². The molecule has 0 saturated carbocycles. The van der Waals surface area contributed by atoms with E-state index < -0.39 is 0 Å². The second kappa shape index (κ2) is 8.30. The van der Waals surface area contributed by atoms with Gasteiger partial charge in [0.2, 0.25) is 0 Å². The van der Waals surface area contributed by atoms with Gasteiger partial charge >= 0.3 is 248 Å². The number of benzene rings is 7. The van der Waals surface area contributed by atoms with Gasteiger partial charge in [-0.1, -0.05) is 0 Å². The second-order valence-corrected chi connectivity index (χ2v) is 13.3. The average Bonchev–Trinajstić information content (AvgIpc) is 3.61. The van der Waals surface area contributed by atoms with Crippen molar-refractivity contribution in [3.05, 3.63) is 134 Å². The molecule has 0 fully saturated rings. The third-order valence-electron chi connectivity index (χ3n) is 8.98. The minimum atomic E-state index is 0.190. The predicted octanol–water partition coefficient (Wildman–Crippen LogP) is 10.2. The topological polar surface area (TPSA) is 17.8 Å². The molecule has 0 bridgehead atoms. The maximum absolute atomic E-state index is 5.01. The summed E-state index contributed by atoms with van der Waals surface area (Å²) in [6.07, 6.45) is 1.95. The van der Waals surface area contributed by atoms with Crippen LogP contribution in [0, 0.1) is 0 Å². The molecule has 10 rings (SSSR count). The Labute approximate surface area is 246 Å². The number of nitrogens with zero attached hydrogens (tertiary/aromatic N) is 2. The van der Waals surface area contributed by atoms with E-state index in [1.165, 1.54) is 84.5 Å². The van der Waals surface area contributed by atoms with Crippen LogP contribution in [-0.4, -0.2) is 24.1 Å². The molecular weight excluding hydrogens is 575 g/mol. The maximum atomic E-state index is 5.01. The summed E-state index contributed by atoms with van der Waals surface area (Å²) in [5, 5.41) is 14.2. The van der Waals surface area contributed by atoms with Gasteiger partial charge in [-0.2, -0.15) is 0 Å². The zero-order chi connectivity index (χ0) is 27.4. The molecule has 0 saturated heterocycles. The molecular formula is C39H22N2Se. The van der Waals surface area contributed by atoms with E-state index in [0.717, 1.165) is 5.52 Å². The Morgan fingerprint density at radius 2 is 1.19 bits per heavy atom. The van der Waals surface area contributed by atoms with Gasteiger partial charge in [-0.15, -0.1) is 0 Å². The van der Waals surface area contributed by atoms with E-state index in [9.17, 15) is 0 Å². The van der Waals surface area contributed by atoms with Crippen molar-refractivity contribution in [3.63, 3.8) is 0 Å². The van der Waals surface area contributed by atoms with E-state index in [1.807, 2.05) is 6.20 Å². The molecule has 0 aliphatic rings. The molecule has 3 heteroatoms. The molecule has 0 unspecified atom stereocenters. The first-order valence-electron chi connectivity index (χ1n) is 14.3. The van der Waals surface area contributed by atoms with E-state index >= 15 is 0 Å². The Hall–Kier alpha value is -4.95. The van der Waals surface area contributed by atoms with Gasteiger partial charge in [0, 0.05) is 0 Å². The predicted molar refractivity (Wildman–Crippen MR) is 181 cm³/mol. The number of hydrogen-bond donors (Lipinski definition) is 0. The van der Waals surface area contributed by atoms with Gasteiger partial charge in [-0.25, -0.2) is 0 Å². The summed E-state index contributed by atoms with van der Waals surface area (Å²) in [7, 11) is 0. The molecule has 3 aromatic heterocycles. The monoisotopic (exact) mass is 598 g/mol. The SMILES string of the molecule is c1ccc2c(c1)ccc1c3ccccc3c(-n3c4ccccc4c4c5cccnc5c5[se]c6ccccc6c5c43)cc21. The van der Waals surface area contributed by atoms with Gasteiger partial charge in [0.1, 0.15) is 0 Å². The number of rotatable bonds is 1. The Balaban J connectivity index is 1.54. The summed E-state index contributed by atoms with van der Waals surface area (Å²) in [6, 6.07) is 46.9. The third kappa shape index (κ3) is 2.87. The van der Waals surface area contributed by atoms with E-state index in [4.69, 9.17) is 4.98 Å². The number of hydrogen-bond acceptors (Lipinski definition) is 1. The summed E-state index contributed by atoms with van der Waals surface area (Å²) in [5.74, 6) is 0. The zero-order valence-corrected chi connectivity index (χ0v) is 24.2.